The molecule has 0 aliphatic carbocycles. The molecule has 2 unspecified atom stereocenters. The van der Waals surface area contributed by atoms with Gasteiger partial charge in [0, 0.05) is 13.1 Å². The van der Waals surface area contributed by atoms with Crippen LogP contribution < -0.4 is 5.73 Å². The minimum atomic E-state index is -4.37. The van der Waals surface area contributed by atoms with E-state index in [2.05, 4.69) is 4.98 Å². The Morgan fingerprint density at radius 3 is 2.71 bits per heavy atom. The molecule has 2 aromatic rings. The number of benzene rings is 1. The first-order valence-electron chi connectivity index (χ1n) is 6.61. The van der Waals surface area contributed by atoms with Crippen LogP contribution in [0.2, 0.25) is 0 Å². The molecule has 1 fully saturated rings. The van der Waals surface area contributed by atoms with Gasteiger partial charge in [0.15, 0.2) is 0 Å². The zero-order valence-corrected chi connectivity index (χ0v) is 11.7. The van der Waals surface area contributed by atoms with E-state index in [0.29, 0.717) is 30.1 Å². The molecule has 21 heavy (non-hydrogen) atoms. The number of hydrogen-bond donors (Lipinski definition) is 1. The lowest BCUT2D eigenvalue weighted by Gasteiger charge is -2.26. The predicted molar refractivity (Wildman–Crippen MR) is 71.9 cm³/mol. The van der Waals surface area contributed by atoms with Crippen molar-refractivity contribution in [3.05, 3.63) is 29.6 Å². The molecule has 7 heteroatoms. The van der Waals surface area contributed by atoms with Gasteiger partial charge in [-0.3, -0.25) is 0 Å². The second kappa shape index (κ2) is 4.45. The molecule has 0 saturated carbocycles. The number of aryl methyl sites for hydroxylation is 1. The third-order valence-electron chi connectivity index (χ3n) is 4.24. The van der Waals surface area contributed by atoms with Crippen molar-refractivity contribution >= 4 is 11.0 Å². The average molecular weight is 299 g/mol. The van der Waals surface area contributed by atoms with Crippen molar-refractivity contribution in [3.63, 3.8) is 0 Å². The molecule has 0 spiro atoms. The molecular weight excluding hydrogens is 283 g/mol. The van der Waals surface area contributed by atoms with E-state index in [1.54, 1.807) is 11.6 Å². The molecule has 1 aromatic heterocycles. The molecule has 1 aliphatic heterocycles. The fourth-order valence-electron chi connectivity index (χ4n) is 2.81. The molecule has 1 aromatic carbocycles. The highest BCUT2D eigenvalue weighted by Crippen LogP contribution is 2.35. The summed E-state index contributed by atoms with van der Waals surface area (Å²) in [7, 11) is 1.79. The third-order valence-corrected chi connectivity index (χ3v) is 4.24. The van der Waals surface area contributed by atoms with E-state index in [1.165, 1.54) is 6.07 Å². The van der Waals surface area contributed by atoms with E-state index in [9.17, 15) is 13.2 Å². The lowest BCUT2D eigenvalue weighted by molar-refractivity contribution is -0.137. The van der Waals surface area contributed by atoms with Gasteiger partial charge in [-0.15, -0.1) is 0 Å². The van der Waals surface area contributed by atoms with Crippen LogP contribution in [0.4, 0.5) is 13.2 Å². The Labute approximate surface area is 119 Å². The van der Waals surface area contributed by atoms with Crippen LogP contribution in [0.25, 0.3) is 11.0 Å². The number of imidazole rings is 1. The summed E-state index contributed by atoms with van der Waals surface area (Å²) in [5.41, 5.74) is 5.86. The SMILES string of the molecule is Cn1c(C2(C)COCC2N)nc2cc(C(F)(F)F)ccc21. The van der Waals surface area contributed by atoms with Gasteiger partial charge in [0.05, 0.1) is 35.2 Å². The van der Waals surface area contributed by atoms with Crippen LogP contribution in [-0.2, 0) is 23.4 Å². The highest BCUT2D eigenvalue weighted by atomic mass is 19.4. The Hall–Kier alpha value is -1.60. The zero-order chi connectivity index (χ0) is 15.4. The van der Waals surface area contributed by atoms with Gasteiger partial charge < -0.3 is 15.0 Å². The van der Waals surface area contributed by atoms with Crippen molar-refractivity contribution in [2.75, 3.05) is 13.2 Å². The van der Waals surface area contributed by atoms with Crippen molar-refractivity contribution in [3.8, 4) is 0 Å². The van der Waals surface area contributed by atoms with Gasteiger partial charge in [0.1, 0.15) is 5.82 Å². The summed E-state index contributed by atoms with van der Waals surface area (Å²) in [6.45, 7) is 2.77. The van der Waals surface area contributed by atoms with Crippen molar-refractivity contribution < 1.29 is 17.9 Å². The van der Waals surface area contributed by atoms with Crippen LogP contribution >= 0.6 is 0 Å². The molecule has 0 bridgehead atoms. The second-order valence-electron chi connectivity index (χ2n) is 5.73. The van der Waals surface area contributed by atoms with Crippen LogP contribution in [0.3, 0.4) is 0 Å². The number of alkyl halides is 3. The van der Waals surface area contributed by atoms with Crippen molar-refractivity contribution in [2.24, 2.45) is 12.8 Å². The summed E-state index contributed by atoms with van der Waals surface area (Å²) in [6.07, 6.45) is -4.37. The van der Waals surface area contributed by atoms with E-state index in [0.717, 1.165) is 12.1 Å². The van der Waals surface area contributed by atoms with Crippen molar-refractivity contribution in [1.29, 1.82) is 0 Å². The van der Waals surface area contributed by atoms with Crippen LogP contribution in [0.15, 0.2) is 18.2 Å². The standard InChI is InChI=1S/C14H16F3N3O/c1-13(7-21-6-11(13)18)12-19-9-5-8(14(15,16)17)3-4-10(9)20(12)2/h3-5,11H,6-7,18H2,1-2H3. The number of hydrogen-bond acceptors (Lipinski definition) is 3. The van der Waals surface area contributed by atoms with Crippen molar-refractivity contribution in [2.45, 2.75) is 24.6 Å². The van der Waals surface area contributed by atoms with Crippen LogP contribution in [-0.4, -0.2) is 28.8 Å². The van der Waals surface area contributed by atoms with Gasteiger partial charge in [-0.25, -0.2) is 4.98 Å². The average Bonchev–Trinajstić information content (AvgIpc) is 2.91. The highest BCUT2D eigenvalue weighted by Gasteiger charge is 2.43. The Kier molecular flexibility index (Phi) is 3.04. The third kappa shape index (κ3) is 2.11. The Morgan fingerprint density at radius 2 is 2.14 bits per heavy atom. The topological polar surface area (TPSA) is 53.1 Å². The molecular formula is C14H16F3N3O. The van der Waals surface area contributed by atoms with Gasteiger partial charge in [-0.2, -0.15) is 13.2 Å². The summed E-state index contributed by atoms with van der Waals surface area (Å²) in [5.74, 6) is 0.654. The number of nitrogens with two attached hydrogens (primary N) is 1. The van der Waals surface area contributed by atoms with Gasteiger partial charge in [0.25, 0.3) is 0 Å². The van der Waals surface area contributed by atoms with E-state index in [-0.39, 0.29) is 6.04 Å². The van der Waals surface area contributed by atoms with E-state index in [1.807, 2.05) is 6.92 Å². The fraction of sp³-hybridized carbons (Fsp3) is 0.500. The largest absolute Gasteiger partial charge is 0.416 e. The molecule has 1 saturated heterocycles. The first-order valence-corrected chi connectivity index (χ1v) is 6.61. The second-order valence-corrected chi connectivity index (χ2v) is 5.73. The minimum absolute atomic E-state index is 0.227. The lowest BCUT2D eigenvalue weighted by Crippen LogP contribution is -2.43. The van der Waals surface area contributed by atoms with E-state index in [4.69, 9.17) is 10.5 Å². The minimum Gasteiger partial charge on any atom is -0.379 e. The maximum absolute atomic E-state index is 12.8. The summed E-state index contributed by atoms with van der Waals surface area (Å²) >= 11 is 0. The van der Waals surface area contributed by atoms with Gasteiger partial charge in [-0.1, -0.05) is 0 Å². The molecule has 3 rings (SSSR count). The fourth-order valence-corrected chi connectivity index (χ4v) is 2.81. The predicted octanol–water partition coefficient (Wildman–Crippen LogP) is 2.21. The molecule has 2 atom stereocenters. The summed E-state index contributed by atoms with van der Waals surface area (Å²) in [4.78, 5) is 4.39. The first kappa shape index (κ1) is 14.3. The Balaban J connectivity index is 2.16. The van der Waals surface area contributed by atoms with Crippen LogP contribution in [0.5, 0.6) is 0 Å². The maximum Gasteiger partial charge on any atom is 0.416 e. The molecule has 4 nitrogen and oxygen atoms in total. The summed E-state index contributed by atoms with van der Waals surface area (Å²) in [6, 6.07) is 3.36. The van der Waals surface area contributed by atoms with Gasteiger partial charge in [0.2, 0.25) is 0 Å². The number of ether oxygens (including phenoxy) is 1. The quantitative estimate of drug-likeness (QED) is 0.878. The monoisotopic (exact) mass is 299 g/mol. The van der Waals surface area contributed by atoms with E-state index < -0.39 is 17.2 Å². The molecule has 114 valence electrons. The Morgan fingerprint density at radius 1 is 1.43 bits per heavy atom. The number of nitrogens with zero attached hydrogens (tertiary/aromatic N) is 2. The molecule has 2 N–H and O–H groups in total. The number of rotatable bonds is 1. The Bertz CT molecular complexity index is 695. The first-order chi connectivity index (χ1) is 9.73. The molecule has 0 amide bonds. The smallest absolute Gasteiger partial charge is 0.379 e. The summed E-state index contributed by atoms with van der Waals surface area (Å²) in [5, 5.41) is 0. The molecule has 1 aliphatic rings. The van der Waals surface area contributed by atoms with Crippen LogP contribution in [0.1, 0.15) is 18.3 Å². The van der Waals surface area contributed by atoms with Crippen molar-refractivity contribution in [1.82, 2.24) is 9.55 Å². The van der Waals surface area contributed by atoms with E-state index >= 15 is 0 Å². The zero-order valence-electron chi connectivity index (χ0n) is 11.7. The van der Waals surface area contributed by atoms with Gasteiger partial charge >= 0.3 is 6.18 Å². The normalized spacial score (nSPS) is 26.7. The van der Waals surface area contributed by atoms with Crippen LogP contribution in [0, 0.1) is 0 Å². The highest BCUT2D eigenvalue weighted by molar-refractivity contribution is 5.77. The van der Waals surface area contributed by atoms with Gasteiger partial charge in [-0.05, 0) is 25.1 Å². The molecule has 0 radical (unpaired) electrons. The number of fused-ring (bicyclic) bond motifs is 1. The maximum atomic E-state index is 12.8. The lowest BCUT2D eigenvalue weighted by atomic mass is 9.85. The number of halogens is 3. The summed E-state index contributed by atoms with van der Waals surface area (Å²) < 4.78 is 45.6. The molecule has 2 heterocycles. The number of aromatic nitrogens is 2.